The van der Waals surface area contributed by atoms with Gasteiger partial charge in [-0.2, -0.15) is 0 Å². The van der Waals surface area contributed by atoms with Crippen LogP contribution in [-0.4, -0.2) is 54.5 Å². The van der Waals surface area contributed by atoms with Gasteiger partial charge in [0.1, 0.15) is 0 Å². The fraction of sp³-hybridized carbons (Fsp3) is 0.667. The minimum Gasteiger partial charge on any atom is -0.352 e. The van der Waals surface area contributed by atoms with Gasteiger partial charge in [0.2, 0.25) is 11.9 Å². The summed E-state index contributed by atoms with van der Waals surface area (Å²) in [5, 5.41) is 3.07. The molecule has 22 heavy (non-hydrogen) atoms. The number of nitrogens with zero attached hydrogens (tertiary/aromatic N) is 3. The van der Waals surface area contributed by atoms with Gasteiger partial charge >= 0.3 is 0 Å². The van der Waals surface area contributed by atoms with E-state index in [-0.39, 0.29) is 18.4 Å². The molecule has 1 atom stereocenters. The molecular weight excluding hydrogens is 284 g/mol. The molecule has 1 aromatic heterocycles. The summed E-state index contributed by atoms with van der Waals surface area (Å²) >= 11 is 0. The molecule has 3 heterocycles. The van der Waals surface area contributed by atoms with E-state index in [0.29, 0.717) is 13.2 Å². The maximum atomic E-state index is 12.1. The molecule has 0 aromatic carbocycles. The molecule has 1 amide bonds. The van der Waals surface area contributed by atoms with Crippen LogP contribution in [0.3, 0.4) is 0 Å². The van der Waals surface area contributed by atoms with E-state index in [1.807, 2.05) is 0 Å². The number of ether oxygens (including phenoxy) is 2. The van der Waals surface area contributed by atoms with Crippen LogP contribution in [0.15, 0.2) is 18.5 Å². The number of hydrogen-bond acceptors (Lipinski definition) is 6. The summed E-state index contributed by atoms with van der Waals surface area (Å²) in [7, 11) is 0. The van der Waals surface area contributed by atoms with Gasteiger partial charge in [-0.3, -0.25) is 4.79 Å². The van der Waals surface area contributed by atoms with Crippen LogP contribution in [0.4, 0.5) is 5.95 Å². The smallest absolute Gasteiger partial charge is 0.225 e. The van der Waals surface area contributed by atoms with E-state index in [1.165, 1.54) is 0 Å². The highest BCUT2D eigenvalue weighted by Crippen LogP contribution is 2.16. The van der Waals surface area contributed by atoms with Crippen LogP contribution in [0, 0.1) is 0 Å². The molecule has 0 unspecified atom stereocenters. The van der Waals surface area contributed by atoms with Gasteiger partial charge in [-0.1, -0.05) is 0 Å². The van der Waals surface area contributed by atoms with Crippen molar-refractivity contribution in [3.63, 3.8) is 0 Å². The molecule has 0 radical (unpaired) electrons. The summed E-state index contributed by atoms with van der Waals surface area (Å²) in [6, 6.07) is 1.92. The van der Waals surface area contributed by atoms with Gasteiger partial charge in [-0.25, -0.2) is 9.97 Å². The SMILES string of the molecule is O=C(CC1OCCCO1)N[C@@H]1CCCN(c2ncccn2)C1. The average Bonchev–Trinajstić information content (AvgIpc) is 2.57. The van der Waals surface area contributed by atoms with E-state index in [9.17, 15) is 4.79 Å². The molecule has 120 valence electrons. The Hall–Kier alpha value is -1.73. The normalized spacial score (nSPS) is 23.3. The molecule has 0 bridgehead atoms. The van der Waals surface area contributed by atoms with Crippen LogP contribution >= 0.6 is 0 Å². The number of rotatable bonds is 4. The van der Waals surface area contributed by atoms with Crippen molar-refractivity contribution in [1.82, 2.24) is 15.3 Å². The highest BCUT2D eigenvalue weighted by atomic mass is 16.7. The predicted octanol–water partition coefficient (Wildman–Crippen LogP) is 0.715. The minimum atomic E-state index is -0.397. The maximum Gasteiger partial charge on any atom is 0.225 e. The Morgan fingerprint density at radius 3 is 2.82 bits per heavy atom. The summed E-state index contributed by atoms with van der Waals surface area (Å²) in [4.78, 5) is 22.8. The molecule has 3 rings (SSSR count). The van der Waals surface area contributed by atoms with E-state index in [4.69, 9.17) is 9.47 Å². The van der Waals surface area contributed by atoms with Crippen LogP contribution in [0.1, 0.15) is 25.7 Å². The third-order valence-electron chi connectivity index (χ3n) is 3.87. The van der Waals surface area contributed by atoms with Gasteiger partial charge in [0.25, 0.3) is 0 Å². The Kier molecular flexibility index (Phi) is 5.18. The van der Waals surface area contributed by atoms with Crippen LogP contribution in [0.2, 0.25) is 0 Å². The first kappa shape index (κ1) is 15.2. The molecule has 0 saturated carbocycles. The lowest BCUT2D eigenvalue weighted by Gasteiger charge is -2.33. The van der Waals surface area contributed by atoms with Crippen molar-refractivity contribution in [2.75, 3.05) is 31.2 Å². The number of amides is 1. The number of anilines is 1. The maximum absolute atomic E-state index is 12.1. The second-order valence-corrected chi connectivity index (χ2v) is 5.63. The molecule has 2 saturated heterocycles. The van der Waals surface area contributed by atoms with Gasteiger partial charge in [-0.15, -0.1) is 0 Å². The number of hydrogen-bond donors (Lipinski definition) is 1. The first-order chi connectivity index (χ1) is 10.8. The zero-order chi connectivity index (χ0) is 15.2. The number of piperidine rings is 1. The lowest BCUT2D eigenvalue weighted by Crippen LogP contribution is -2.49. The van der Waals surface area contributed by atoms with Crippen LogP contribution < -0.4 is 10.2 Å². The van der Waals surface area contributed by atoms with Crippen molar-refractivity contribution in [2.24, 2.45) is 0 Å². The van der Waals surface area contributed by atoms with Gasteiger partial charge in [-0.05, 0) is 25.3 Å². The molecule has 1 aromatic rings. The van der Waals surface area contributed by atoms with Gasteiger partial charge in [0.05, 0.1) is 19.6 Å². The van der Waals surface area contributed by atoms with Crippen molar-refractivity contribution in [3.8, 4) is 0 Å². The minimum absolute atomic E-state index is 0.0206. The van der Waals surface area contributed by atoms with Gasteiger partial charge in [0, 0.05) is 31.5 Å². The first-order valence-corrected chi connectivity index (χ1v) is 7.86. The van der Waals surface area contributed by atoms with Crippen LogP contribution in [0.5, 0.6) is 0 Å². The number of carbonyl (C=O) groups is 1. The lowest BCUT2D eigenvalue weighted by atomic mass is 10.1. The molecule has 7 nitrogen and oxygen atoms in total. The van der Waals surface area contributed by atoms with Crippen molar-refractivity contribution in [2.45, 2.75) is 38.0 Å². The zero-order valence-electron chi connectivity index (χ0n) is 12.6. The summed E-state index contributed by atoms with van der Waals surface area (Å²) in [6.45, 7) is 2.99. The highest BCUT2D eigenvalue weighted by molar-refractivity contribution is 5.76. The fourth-order valence-electron chi connectivity index (χ4n) is 2.82. The summed E-state index contributed by atoms with van der Waals surface area (Å²) < 4.78 is 10.8. The molecular formula is C15H22N4O3. The zero-order valence-corrected chi connectivity index (χ0v) is 12.6. The molecule has 0 spiro atoms. The second-order valence-electron chi connectivity index (χ2n) is 5.63. The Labute approximate surface area is 130 Å². The third kappa shape index (κ3) is 4.14. The van der Waals surface area contributed by atoms with E-state index >= 15 is 0 Å². The van der Waals surface area contributed by atoms with Crippen molar-refractivity contribution < 1.29 is 14.3 Å². The number of nitrogens with one attached hydrogen (secondary N) is 1. The topological polar surface area (TPSA) is 76.6 Å². The second kappa shape index (κ2) is 7.51. The van der Waals surface area contributed by atoms with E-state index in [0.717, 1.165) is 38.3 Å². The van der Waals surface area contributed by atoms with Gasteiger partial charge in [0.15, 0.2) is 6.29 Å². The van der Waals surface area contributed by atoms with Crippen molar-refractivity contribution in [1.29, 1.82) is 0 Å². The van der Waals surface area contributed by atoms with Crippen LogP contribution in [-0.2, 0) is 14.3 Å². The van der Waals surface area contributed by atoms with E-state index in [1.54, 1.807) is 18.5 Å². The monoisotopic (exact) mass is 306 g/mol. The average molecular weight is 306 g/mol. The Morgan fingerprint density at radius 2 is 2.05 bits per heavy atom. The largest absolute Gasteiger partial charge is 0.352 e. The lowest BCUT2D eigenvalue weighted by molar-refractivity contribution is -0.184. The number of aromatic nitrogens is 2. The van der Waals surface area contributed by atoms with E-state index < -0.39 is 6.29 Å². The molecule has 2 aliphatic heterocycles. The summed E-state index contributed by atoms with van der Waals surface area (Å²) in [5.74, 6) is 0.702. The third-order valence-corrected chi connectivity index (χ3v) is 3.87. The highest BCUT2D eigenvalue weighted by Gasteiger charge is 2.25. The van der Waals surface area contributed by atoms with E-state index in [2.05, 4.69) is 20.2 Å². The number of carbonyl (C=O) groups excluding carboxylic acids is 1. The van der Waals surface area contributed by atoms with Crippen molar-refractivity contribution in [3.05, 3.63) is 18.5 Å². The quantitative estimate of drug-likeness (QED) is 0.883. The predicted molar refractivity (Wildman–Crippen MR) is 80.3 cm³/mol. The van der Waals surface area contributed by atoms with Crippen molar-refractivity contribution >= 4 is 11.9 Å². The Bertz CT molecular complexity index is 479. The summed E-state index contributed by atoms with van der Waals surface area (Å²) in [6.07, 6.45) is 6.22. The Morgan fingerprint density at radius 1 is 1.27 bits per heavy atom. The molecule has 0 aliphatic carbocycles. The fourth-order valence-corrected chi connectivity index (χ4v) is 2.82. The van der Waals surface area contributed by atoms with Crippen LogP contribution in [0.25, 0.3) is 0 Å². The first-order valence-electron chi connectivity index (χ1n) is 7.86. The summed E-state index contributed by atoms with van der Waals surface area (Å²) in [5.41, 5.74) is 0. The molecule has 7 heteroatoms. The molecule has 2 aliphatic rings. The molecule has 1 N–H and O–H groups in total. The Balaban J connectivity index is 1.48. The molecule has 2 fully saturated rings. The standard InChI is InChI=1S/C15H22N4O3/c20-13(10-14-21-8-3-9-22-14)18-12-4-1-7-19(11-12)15-16-5-2-6-17-15/h2,5-6,12,14H,1,3-4,7-11H2,(H,18,20)/t12-/m1/s1. The van der Waals surface area contributed by atoms with Gasteiger partial charge < -0.3 is 19.7 Å².